The van der Waals surface area contributed by atoms with Crippen LogP contribution in [0, 0.1) is 0 Å². The van der Waals surface area contributed by atoms with E-state index in [0.717, 1.165) is 54.6 Å². The van der Waals surface area contributed by atoms with Gasteiger partial charge in [0.25, 0.3) is 5.56 Å². The second-order valence-electron chi connectivity index (χ2n) is 11.2. The fourth-order valence-corrected chi connectivity index (χ4v) is 7.02. The van der Waals surface area contributed by atoms with E-state index < -0.39 is 61.6 Å². The molecule has 0 spiro atoms. The third kappa shape index (κ3) is 8.66. The number of rotatable bonds is 13. The summed E-state index contributed by atoms with van der Waals surface area (Å²) in [6.07, 6.45) is -0.691. The van der Waals surface area contributed by atoms with Gasteiger partial charge in [0.1, 0.15) is 18.0 Å². The maximum absolute atomic E-state index is 16.2. The smallest absolute Gasteiger partial charge is 0.456 e. The Kier molecular flexibility index (Phi) is 10.4. The summed E-state index contributed by atoms with van der Waals surface area (Å²) in [4.78, 5) is 50.3. The van der Waals surface area contributed by atoms with E-state index in [-0.39, 0.29) is 22.7 Å². The van der Waals surface area contributed by atoms with Crippen molar-refractivity contribution >= 4 is 30.6 Å². The van der Waals surface area contributed by atoms with Crippen molar-refractivity contribution in [3.05, 3.63) is 62.9 Å². The lowest BCUT2D eigenvalue weighted by Gasteiger charge is -2.28. The third-order valence-corrected chi connectivity index (χ3v) is 9.74. The molecule has 2 unspecified atom stereocenters. The second kappa shape index (κ2) is 13.5. The van der Waals surface area contributed by atoms with Crippen molar-refractivity contribution < 1.29 is 37.1 Å². The highest BCUT2D eigenvalue weighted by molar-refractivity contribution is 8.14. The highest BCUT2D eigenvalue weighted by atomic mass is 32.2. The number of ether oxygens (including phenoxy) is 2. The zero-order valence-corrected chi connectivity index (χ0v) is 26.3. The van der Waals surface area contributed by atoms with Crippen LogP contribution in [0.25, 0.3) is 0 Å². The maximum Gasteiger partial charge on any atom is 0.459 e. The molecule has 0 amide bonds. The van der Waals surface area contributed by atoms with Crippen LogP contribution < -0.4 is 20.9 Å². The largest absolute Gasteiger partial charge is 0.459 e. The fraction of sp³-hybridized carbons (Fsp3) is 0.571. The number of thioether (sulfide) groups is 1. The summed E-state index contributed by atoms with van der Waals surface area (Å²) >= 11 is 1.06. The van der Waals surface area contributed by atoms with Gasteiger partial charge in [-0.15, -0.1) is 0 Å². The monoisotopic (exact) mass is 641 g/mol. The van der Waals surface area contributed by atoms with Gasteiger partial charge in [-0.05, 0) is 50.3 Å². The lowest BCUT2D eigenvalue weighted by molar-refractivity contribution is -0.155. The fourth-order valence-electron chi connectivity index (χ4n) is 4.69. The molecule has 1 saturated heterocycles. The Morgan fingerprint density at radius 3 is 2.47 bits per heavy atom. The number of hydrogen-bond donors (Lipinski definition) is 2. The molecule has 12 nitrogen and oxygen atoms in total. The van der Waals surface area contributed by atoms with Crippen LogP contribution in [0.3, 0.4) is 0 Å². The number of aromatic amines is 1. The summed E-state index contributed by atoms with van der Waals surface area (Å²) in [5.74, 6) is -0.0675. The van der Waals surface area contributed by atoms with Gasteiger partial charge >= 0.3 is 19.4 Å². The number of carbonyl (C=O) groups is 2. The lowest BCUT2D eigenvalue weighted by Crippen LogP contribution is -2.47. The molecule has 0 bridgehead atoms. The topological polar surface area (TPSA) is 155 Å². The molecular weight excluding hydrogens is 604 g/mol. The van der Waals surface area contributed by atoms with Crippen LogP contribution in [0.4, 0.5) is 4.39 Å². The first-order chi connectivity index (χ1) is 20.2. The third-order valence-electron chi connectivity index (χ3n) is 7.04. The molecule has 43 heavy (non-hydrogen) atoms. The molecule has 0 radical (unpaired) electrons. The van der Waals surface area contributed by atoms with E-state index in [4.69, 9.17) is 18.5 Å². The van der Waals surface area contributed by atoms with Crippen LogP contribution in [0.15, 0.2) is 46.1 Å². The molecular formula is C28H37FN3O9PS. The molecule has 1 aliphatic carbocycles. The average Bonchev–Trinajstić information content (AvgIpc) is 3.72. The highest BCUT2D eigenvalue weighted by Crippen LogP contribution is 2.48. The van der Waals surface area contributed by atoms with Gasteiger partial charge in [0.2, 0.25) is 5.12 Å². The normalized spacial score (nSPS) is 25.7. The number of halogens is 1. The van der Waals surface area contributed by atoms with E-state index in [1.807, 2.05) is 26.0 Å². The first-order valence-electron chi connectivity index (χ1n) is 14.0. The first-order valence-corrected chi connectivity index (χ1v) is 16.4. The van der Waals surface area contributed by atoms with Gasteiger partial charge < -0.3 is 14.0 Å². The van der Waals surface area contributed by atoms with Crippen LogP contribution in [0.1, 0.15) is 58.9 Å². The standard InChI is InChI=1S/C28H37FN3O9PS/c1-16(2)43-26(35)17(3)31-42(37,41-21-10-8-20(9-11-21)19-6-7-19)38-15-22-25(39-18(4)33)28(5,29)23(40-22)14-32-13-12-24(34)30-27(32)36/h8-13,16-17,19,22-23,25H,6-7,14-15H2,1-5H3,(H,31,37)(H,30,34,36)/t17-,22+,23?,25+,28-,42?/m0/s1. The Labute approximate surface area is 252 Å². The first kappa shape index (κ1) is 33.1. The van der Waals surface area contributed by atoms with Crippen molar-refractivity contribution in [1.82, 2.24) is 14.6 Å². The van der Waals surface area contributed by atoms with Crippen LogP contribution in [0.5, 0.6) is 5.75 Å². The van der Waals surface area contributed by atoms with E-state index in [1.54, 1.807) is 12.1 Å². The van der Waals surface area contributed by atoms with Gasteiger partial charge in [0.15, 0.2) is 11.8 Å². The number of carbonyl (C=O) groups excluding carboxylic acids is 2. The van der Waals surface area contributed by atoms with Crippen molar-refractivity contribution in [1.29, 1.82) is 0 Å². The van der Waals surface area contributed by atoms with Gasteiger partial charge in [0, 0.05) is 24.4 Å². The number of hydrogen-bond acceptors (Lipinski definition) is 10. The molecule has 15 heteroatoms. The number of esters is 1. The van der Waals surface area contributed by atoms with Crippen molar-refractivity contribution in [2.75, 3.05) is 6.61 Å². The van der Waals surface area contributed by atoms with Gasteiger partial charge in [-0.1, -0.05) is 37.7 Å². The van der Waals surface area contributed by atoms with E-state index in [9.17, 15) is 23.7 Å². The van der Waals surface area contributed by atoms with Crippen molar-refractivity contribution in [2.24, 2.45) is 0 Å². The minimum atomic E-state index is -4.29. The number of benzene rings is 1. The minimum absolute atomic E-state index is 0.0153. The number of nitrogens with one attached hydrogen (secondary N) is 2. The van der Waals surface area contributed by atoms with E-state index in [1.165, 1.54) is 13.1 Å². The lowest BCUT2D eigenvalue weighted by atomic mass is 9.94. The van der Waals surface area contributed by atoms with E-state index >= 15 is 4.39 Å². The molecule has 4 rings (SSSR count). The van der Waals surface area contributed by atoms with Gasteiger partial charge in [-0.2, -0.15) is 0 Å². The van der Waals surface area contributed by atoms with Gasteiger partial charge in [0.05, 0.1) is 19.2 Å². The summed E-state index contributed by atoms with van der Waals surface area (Å²) in [5, 5.41) is 2.36. The molecule has 2 fully saturated rings. The highest BCUT2D eigenvalue weighted by Gasteiger charge is 2.57. The van der Waals surface area contributed by atoms with E-state index in [0.29, 0.717) is 5.92 Å². The zero-order chi connectivity index (χ0) is 31.5. The molecule has 2 aromatic rings. The predicted molar refractivity (Wildman–Crippen MR) is 158 cm³/mol. The van der Waals surface area contributed by atoms with Crippen LogP contribution >= 0.6 is 19.5 Å². The van der Waals surface area contributed by atoms with Gasteiger partial charge in [-0.3, -0.25) is 28.5 Å². The summed E-state index contributed by atoms with van der Waals surface area (Å²) in [5.41, 5.74) is -2.58. The molecule has 1 aliphatic heterocycles. The van der Waals surface area contributed by atoms with Crippen molar-refractivity contribution in [2.45, 2.75) is 95.2 Å². The minimum Gasteiger partial charge on any atom is -0.456 e. The summed E-state index contributed by atoms with van der Waals surface area (Å²) in [6, 6.07) is 7.22. The van der Waals surface area contributed by atoms with Crippen molar-refractivity contribution in [3.63, 3.8) is 0 Å². The predicted octanol–water partition coefficient (Wildman–Crippen LogP) is 3.69. The Morgan fingerprint density at radius 1 is 1.21 bits per heavy atom. The molecule has 2 heterocycles. The zero-order valence-electron chi connectivity index (χ0n) is 24.6. The van der Waals surface area contributed by atoms with Crippen molar-refractivity contribution in [3.8, 4) is 5.75 Å². The number of H-pyrrole nitrogens is 1. The van der Waals surface area contributed by atoms with E-state index in [2.05, 4.69) is 10.1 Å². The Bertz CT molecular complexity index is 1470. The quantitative estimate of drug-likeness (QED) is 0.243. The molecule has 2 N–H and O–H groups in total. The molecule has 236 valence electrons. The van der Waals surface area contributed by atoms with Crippen LogP contribution in [0.2, 0.25) is 0 Å². The van der Waals surface area contributed by atoms with Crippen LogP contribution in [-0.2, 0) is 34.7 Å². The second-order valence-corrected chi connectivity index (χ2v) is 14.4. The number of nitrogens with zero attached hydrogens (tertiary/aromatic N) is 1. The molecule has 6 atom stereocenters. The summed E-state index contributed by atoms with van der Waals surface area (Å²) in [7, 11) is -4.29. The number of aromatic nitrogens is 2. The number of alkyl halides is 1. The summed E-state index contributed by atoms with van der Waals surface area (Å²) < 4.78 is 53.9. The van der Waals surface area contributed by atoms with Gasteiger partial charge in [-0.25, -0.2) is 18.8 Å². The van der Waals surface area contributed by atoms with Crippen LogP contribution in [-0.4, -0.2) is 62.5 Å². The Hall–Kier alpha value is -2.77. The SMILES string of the molecule is CC(=O)O[C@@H]1[C@@H](COP(=O)(N[C@@H](C)C(=O)SC(C)C)Oc2ccc(C3CC3)cc2)OC(Cn2ccc(=O)[nH]c2=O)[C@]1(C)F. The molecule has 1 saturated carbocycles. The summed E-state index contributed by atoms with van der Waals surface area (Å²) in [6.45, 7) is 6.60. The molecule has 1 aromatic carbocycles. The Morgan fingerprint density at radius 2 is 1.88 bits per heavy atom. The molecule has 2 aliphatic rings. The average molecular weight is 642 g/mol. The Balaban J connectivity index is 1.55. The maximum atomic E-state index is 16.2. The molecule has 1 aromatic heterocycles.